The van der Waals surface area contributed by atoms with Crippen molar-refractivity contribution in [3.8, 4) is 0 Å². The molecule has 0 radical (unpaired) electrons. The molecule has 1 saturated carbocycles. The Kier molecular flexibility index (Phi) is 6.06. The van der Waals surface area contributed by atoms with E-state index in [2.05, 4.69) is 24.3 Å². The van der Waals surface area contributed by atoms with Crippen molar-refractivity contribution in [3.63, 3.8) is 0 Å². The van der Waals surface area contributed by atoms with Crippen LogP contribution in [0, 0.1) is 5.92 Å². The molecule has 0 aromatic heterocycles. The van der Waals surface area contributed by atoms with Crippen LogP contribution in [0.15, 0.2) is 60.7 Å². The van der Waals surface area contributed by atoms with E-state index in [1.807, 2.05) is 36.4 Å². The zero-order valence-corrected chi connectivity index (χ0v) is 14.2. The first-order valence-corrected chi connectivity index (χ1v) is 9.09. The summed E-state index contributed by atoms with van der Waals surface area (Å²) in [5, 5.41) is 0. The quantitative estimate of drug-likeness (QED) is 0.702. The Morgan fingerprint density at radius 2 is 1.33 bits per heavy atom. The highest BCUT2D eigenvalue weighted by molar-refractivity contribution is 5.72. The van der Waals surface area contributed by atoms with Crippen molar-refractivity contribution in [1.29, 1.82) is 0 Å². The number of carbonyl (C=O) groups excluding carboxylic acids is 1. The van der Waals surface area contributed by atoms with E-state index < -0.39 is 0 Å². The van der Waals surface area contributed by atoms with Gasteiger partial charge in [0.1, 0.15) is 6.10 Å². The van der Waals surface area contributed by atoms with Gasteiger partial charge in [0, 0.05) is 12.8 Å². The van der Waals surface area contributed by atoms with Crippen LogP contribution in [-0.4, -0.2) is 12.1 Å². The molecule has 24 heavy (non-hydrogen) atoms. The van der Waals surface area contributed by atoms with Crippen molar-refractivity contribution in [1.82, 2.24) is 0 Å². The van der Waals surface area contributed by atoms with Crippen LogP contribution in [0.4, 0.5) is 0 Å². The fourth-order valence-corrected chi connectivity index (χ4v) is 3.51. The molecule has 1 aliphatic carbocycles. The topological polar surface area (TPSA) is 26.3 Å². The summed E-state index contributed by atoms with van der Waals surface area (Å²) < 4.78 is 5.96. The van der Waals surface area contributed by atoms with Crippen molar-refractivity contribution in [2.45, 2.75) is 51.0 Å². The fraction of sp³-hybridized carbons (Fsp3) is 0.409. The molecule has 1 fully saturated rings. The molecule has 0 heterocycles. The van der Waals surface area contributed by atoms with Crippen molar-refractivity contribution in [2.24, 2.45) is 5.92 Å². The number of benzene rings is 2. The third-order valence-electron chi connectivity index (χ3n) is 4.83. The lowest BCUT2D eigenvalue weighted by molar-refractivity contribution is -0.155. The van der Waals surface area contributed by atoms with Gasteiger partial charge < -0.3 is 4.74 Å². The third kappa shape index (κ3) is 4.95. The smallest absolute Gasteiger partial charge is 0.309 e. The fourth-order valence-electron chi connectivity index (χ4n) is 3.51. The van der Waals surface area contributed by atoms with E-state index in [0.29, 0.717) is 0 Å². The first kappa shape index (κ1) is 16.8. The summed E-state index contributed by atoms with van der Waals surface area (Å²) >= 11 is 0. The van der Waals surface area contributed by atoms with Gasteiger partial charge in [0.15, 0.2) is 0 Å². The largest absolute Gasteiger partial charge is 0.461 e. The van der Waals surface area contributed by atoms with Crippen molar-refractivity contribution in [3.05, 3.63) is 71.8 Å². The number of hydrogen-bond acceptors (Lipinski definition) is 2. The van der Waals surface area contributed by atoms with E-state index in [0.717, 1.165) is 38.5 Å². The minimum atomic E-state index is -0.0933. The summed E-state index contributed by atoms with van der Waals surface area (Å²) in [6.07, 6.45) is 6.99. The second-order valence-corrected chi connectivity index (χ2v) is 6.77. The maximum atomic E-state index is 12.6. The van der Waals surface area contributed by atoms with Crippen molar-refractivity contribution >= 4 is 5.97 Å². The van der Waals surface area contributed by atoms with Crippen LogP contribution >= 0.6 is 0 Å². The van der Waals surface area contributed by atoms with E-state index >= 15 is 0 Å². The maximum Gasteiger partial charge on any atom is 0.309 e. The van der Waals surface area contributed by atoms with Gasteiger partial charge in [-0.1, -0.05) is 79.9 Å². The summed E-state index contributed by atoms with van der Waals surface area (Å²) in [7, 11) is 0. The highest BCUT2D eigenvalue weighted by atomic mass is 16.5. The van der Waals surface area contributed by atoms with E-state index in [9.17, 15) is 4.79 Å². The number of esters is 1. The van der Waals surface area contributed by atoms with Gasteiger partial charge in [-0.3, -0.25) is 4.79 Å². The first-order valence-electron chi connectivity index (χ1n) is 9.09. The molecule has 0 atom stereocenters. The normalized spacial score (nSPS) is 15.4. The van der Waals surface area contributed by atoms with Crippen LogP contribution in [-0.2, 0) is 22.4 Å². The minimum Gasteiger partial charge on any atom is -0.461 e. The number of rotatable bonds is 6. The predicted octanol–water partition coefficient (Wildman–Crippen LogP) is 4.96. The highest BCUT2D eigenvalue weighted by Gasteiger charge is 2.25. The molecular weight excluding hydrogens is 296 g/mol. The van der Waals surface area contributed by atoms with Gasteiger partial charge in [-0.2, -0.15) is 0 Å². The Bertz CT molecular complexity index is 573. The van der Waals surface area contributed by atoms with Crippen LogP contribution < -0.4 is 0 Å². The first-order chi connectivity index (χ1) is 11.8. The third-order valence-corrected chi connectivity index (χ3v) is 4.83. The molecule has 126 valence electrons. The Hall–Kier alpha value is -2.09. The van der Waals surface area contributed by atoms with Gasteiger partial charge in [0.2, 0.25) is 0 Å². The monoisotopic (exact) mass is 322 g/mol. The Morgan fingerprint density at radius 1 is 0.833 bits per heavy atom. The molecule has 2 heteroatoms. The van der Waals surface area contributed by atoms with Gasteiger partial charge in [-0.15, -0.1) is 0 Å². The van der Waals surface area contributed by atoms with E-state index in [1.54, 1.807) is 0 Å². The van der Waals surface area contributed by atoms with Gasteiger partial charge in [0.25, 0.3) is 0 Å². The Balaban J connectivity index is 1.67. The van der Waals surface area contributed by atoms with Gasteiger partial charge in [0.05, 0.1) is 5.92 Å². The summed E-state index contributed by atoms with van der Waals surface area (Å²) in [6, 6.07) is 20.6. The summed E-state index contributed by atoms with van der Waals surface area (Å²) in [5.74, 6) is 0.111. The molecule has 2 aromatic carbocycles. The minimum absolute atomic E-state index is 0.00608. The lowest BCUT2D eigenvalue weighted by Crippen LogP contribution is -2.28. The van der Waals surface area contributed by atoms with Gasteiger partial charge in [-0.25, -0.2) is 0 Å². The lowest BCUT2D eigenvalue weighted by Gasteiger charge is -2.24. The standard InChI is InChI=1S/C22H26O2/c23-22(20-14-8-3-9-15-20)24-21(16-18-10-4-1-5-11-18)17-19-12-6-2-7-13-19/h1-2,4-7,10-13,20-21H,3,8-9,14-17H2. The molecular formula is C22H26O2. The van der Waals surface area contributed by atoms with Crippen LogP contribution in [0.2, 0.25) is 0 Å². The maximum absolute atomic E-state index is 12.6. The molecule has 0 spiro atoms. The summed E-state index contributed by atoms with van der Waals surface area (Å²) in [6.45, 7) is 0. The van der Waals surface area contributed by atoms with E-state index in [-0.39, 0.29) is 18.0 Å². The van der Waals surface area contributed by atoms with Crippen LogP contribution in [0.1, 0.15) is 43.2 Å². The molecule has 0 amide bonds. The number of carbonyl (C=O) groups is 1. The van der Waals surface area contributed by atoms with Gasteiger partial charge >= 0.3 is 5.97 Å². The van der Waals surface area contributed by atoms with E-state index in [4.69, 9.17) is 4.74 Å². The van der Waals surface area contributed by atoms with Crippen LogP contribution in [0.25, 0.3) is 0 Å². The highest BCUT2D eigenvalue weighted by Crippen LogP contribution is 2.26. The molecule has 0 aliphatic heterocycles. The molecule has 0 N–H and O–H groups in total. The molecule has 2 nitrogen and oxygen atoms in total. The van der Waals surface area contributed by atoms with Crippen LogP contribution in [0.5, 0.6) is 0 Å². The zero-order valence-electron chi connectivity index (χ0n) is 14.2. The molecule has 0 unspecified atom stereocenters. The average molecular weight is 322 g/mol. The molecule has 3 rings (SSSR count). The second-order valence-electron chi connectivity index (χ2n) is 6.77. The molecule has 1 aliphatic rings. The number of hydrogen-bond donors (Lipinski definition) is 0. The van der Waals surface area contributed by atoms with Crippen molar-refractivity contribution in [2.75, 3.05) is 0 Å². The SMILES string of the molecule is O=C(OC(Cc1ccccc1)Cc1ccccc1)C1CCCCC1. The molecule has 0 bridgehead atoms. The predicted molar refractivity (Wildman–Crippen MR) is 96.7 cm³/mol. The number of ether oxygens (including phenoxy) is 1. The van der Waals surface area contributed by atoms with E-state index in [1.165, 1.54) is 17.5 Å². The van der Waals surface area contributed by atoms with Crippen LogP contribution in [0.3, 0.4) is 0 Å². The van der Waals surface area contributed by atoms with Crippen molar-refractivity contribution < 1.29 is 9.53 Å². The Morgan fingerprint density at radius 3 is 1.83 bits per heavy atom. The van der Waals surface area contributed by atoms with Gasteiger partial charge in [-0.05, 0) is 24.0 Å². The molecule has 0 saturated heterocycles. The summed E-state index contributed by atoms with van der Waals surface area (Å²) in [5.41, 5.74) is 2.43. The lowest BCUT2D eigenvalue weighted by atomic mass is 9.89. The molecule has 2 aromatic rings. The zero-order chi connectivity index (χ0) is 16.6. The summed E-state index contributed by atoms with van der Waals surface area (Å²) in [4.78, 5) is 12.6. The second kappa shape index (κ2) is 8.68. The Labute approximate surface area is 144 Å². The average Bonchev–Trinajstić information content (AvgIpc) is 2.64.